The van der Waals surface area contributed by atoms with Crippen LogP contribution in [0.2, 0.25) is 0 Å². The molecular formula is C17H28N4O2. The Balaban J connectivity index is 2.53. The maximum Gasteiger partial charge on any atom is 0.237 e. The van der Waals surface area contributed by atoms with Gasteiger partial charge in [0.1, 0.15) is 5.41 Å². The van der Waals surface area contributed by atoms with Crippen molar-refractivity contribution in [3.63, 3.8) is 0 Å². The smallest absolute Gasteiger partial charge is 0.237 e. The van der Waals surface area contributed by atoms with Gasteiger partial charge in [-0.25, -0.2) is 0 Å². The first-order valence-electron chi connectivity index (χ1n) is 7.82. The van der Waals surface area contributed by atoms with E-state index in [4.69, 9.17) is 0 Å². The average Bonchev–Trinajstić information content (AvgIpc) is 2.52. The van der Waals surface area contributed by atoms with E-state index in [2.05, 4.69) is 10.3 Å². The molecule has 1 rings (SSSR count). The Morgan fingerprint density at radius 2 is 1.74 bits per heavy atom. The maximum absolute atomic E-state index is 12.6. The molecule has 1 N–H and O–H groups in total. The van der Waals surface area contributed by atoms with Crippen LogP contribution in [0, 0.1) is 5.41 Å². The monoisotopic (exact) mass is 320 g/mol. The summed E-state index contributed by atoms with van der Waals surface area (Å²) >= 11 is 0. The molecule has 0 radical (unpaired) electrons. The van der Waals surface area contributed by atoms with Gasteiger partial charge in [0.25, 0.3) is 0 Å². The quantitative estimate of drug-likeness (QED) is 0.719. The highest BCUT2D eigenvalue weighted by molar-refractivity contribution is 6.04. The molecule has 0 aliphatic carbocycles. The molecule has 0 saturated carbocycles. The van der Waals surface area contributed by atoms with Crippen LogP contribution in [0.25, 0.3) is 0 Å². The minimum Gasteiger partial charge on any atom is -0.354 e. The summed E-state index contributed by atoms with van der Waals surface area (Å²) in [6.07, 6.45) is 4.21. The van der Waals surface area contributed by atoms with E-state index in [0.29, 0.717) is 13.1 Å². The first-order valence-corrected chi connectivity index (χ1v) is 7.82. The molecular weight excluding hydrogens is 292 g/mol. The van der Waals surface area contributed by atoms with Gasteiger partial charge in [-0.05, 0) is 52.1 Å². The maximum atomic E-state index is 12.6. The number of amides is 2. The molecule has 1 heterocycles. The van der Waals surface area contributed by atoms with Crippen LogP contribution in [-0.4, -0.2) is 67.4 Å². The Morgan fingerprint density at radius 1 is 1.13 bits per heavy atom. The van der Waals surface area contributed by atoms with Crippen molar-refractivity contribution < 1.29 is 9.59 Å². The fraction of sp³-hybridized carbons (Fsp3) is 0.588. The second-order valence-electron chi connectivity index (χ2n) is 6.52. The molecule has 23 heavy (non-hydrogen) atoms. The van der Waals surface area contributed by atoms with Gasteiger partial charge in [0.05, 0.1) is 0 Å². The molecule has 0 aliphatic rings. The Labute approximate surface area is 138 Å². The molecule has 0 spiro atoms. The lowest BCUT2D eigenvalue weighted by atomic mass is 9.90. The fourth-order valence-corrected chi connectivity index (χ4v) is 2.14. The molecule has 2 amide bonds. The summed E-state index contributed by atoms with van der Waals surface area (Å²) in [4.78, 5) is 32.4. The molecule has 0 saturated heterocycles. The van der Waals surface area contributed by atoms with Crippen molar-refractivity contribution >= 4 is 11.8 Å². The Kier molecular flexibility index (Phi) is 7.16. The molecule has 0 aromatic carbocycles. The van der Waals surface area contributed by atoms with Crippen LogP contribution in [0.5, 0.6) is 0 Å². The highest BCUT2D eigenvalue weighted by atomic mass is 16.2. The number of aromatic nitrogens is 1. The predicted octanol–water partition coefficient (Wildman–Crippen LogP) is 0.787. The molecule has 0 aliphatic heterocycles. The van der Waals surface area contributed by atoms with Gasteiger partial charge in [0.15, 0.2) is 0 Å². The molecule has 0 atom stereocenters. The second-order valence-corrected chi connectivity index (χ2v) is 6.52. The van der Waals surface area contributed by atoms with E-state index < -0.39 is 5.41 Å². The zero-order chi connectivity index (χ0) is 17.5. The van der Waals surface area contributed by atoms with Gasteiger partial charge in [-0.1, -0.05) is 0 Å². The zero-order valence-corrected chi connectivity index (χ0v) is 14.8. The predicted molar refractivity (Wildman–Crippen MR) is 90.9 cm³/mol. The van der Waals surface area contributed by atoms with E-state index in [1.54, 1.807) is 38.2 Å². The lowest BCUT2D eigenvalue weighted by molar-refractivity contribution is -0.147. The molecule has 6 nitrogen and oxygen atoms in total. The van der Waals surface area contributed by atoms with Crippen molar-refractivity contribution in [1.29, 1.82) is 0 Å². The Morgan fingerprint density at radius 3 is 2.30 bits per heavy atom. The first kappa shape index (κ1) is 19.1. The lowest BCUT2D eigenvalue weighted by Gasteiger charge is -2.28. The Hall–Kier alpha value is -1.95. The van der Waals surface area contributed by atoms with E-state index in [0.717, 1.165) is 18.5 Å². The number of carbonyl (C=O) groups excluding carboxylic acids is 2. The topological polar surface area (TPSA) is 65.5 Å². The van der Waals surface area contributed by atoms with E-state index >= 15 is 0 Å². The van der Waals surface area contributed by atoms with Gasteiger partial charge in [0.2, 0.25) is 11.8 Å². The van der Waals surface area contributed by atoms with E-state index in [1.807, 2.05) is 31.1 Å². The summed E-state index contributed by atoms with van der Waals surface area (Å²) in [6, 6.07) is 3.86. The SMILES string of the molecule is CN(C)CCNC(=O)C(C)(C)C(=O)N(C)CCc1ccncc1. The summed E-state index contributed by atoms with van der Waals surface area (Å²) in [5.41, 5.74) is 0.0483. The van der Waals surface area contributed by atoms with Crippen molar-refractivity contribution in [2.45, 2.75) is 20.3 Å². The number of nitrogens with zero attached hydrogens (tertiary/aromatic N) is 3. The van der Waals surface area contributed by atoms with Crippen LogP contribution in [0.15, 0.2) is 24.5 Å². The van der Waals surface area contributed by atoms with Crippen LogP contribution >= 0.6 is 0 Å². The number of rotatable bonds is 8. The van der Waals surface area contributed by atoms with Crippen molar-refractivity contribution in [1.82, 2.24) is 20.1 Å². The Bertz CT molecular complexity index is 515. The van der Waals surface area contributed by atoms with Crippen molar-refractivity contribution in [3.8, 4) is 0 Å². The van der Waals surface area contributed by atoms with E-state index in [-0.39, 0.29) is 11.8 Å². The van der Waals surface area contributed by atoms with Gasteiger partial charge >= 0.3 is 0 Å². The number of nitrogens with one attached hydrogen (secondary N) is 1. The fourth-order valence-electron chi connectivity index (χ4n) is 2.14. The van der Waals surface area contributed by atoms with Gasteiger partial charge < -0.3 is 15.1 Å². The third kappa shape index (κ3) is 5.98. The van der Waals surface area contributed by atoms with Crippen LogP contribution in [0.1, 0.15) is 19.4 Å². The lowest BCUT2D eigenvalue weighted by Crippen LogP contribution is -2.49. The molecule has 6 heteroatoms. The summed E-state index contributed by atoms with van der Waals surface area (Å²) < 4.78 is 0. The average molecular weight is 320 g/mol. The van der Waals surface area contributed by atoms with E-state index in [9.17, 15) is 9.59 Å². The minimum atomic E-state index is -1.07. The summed E-state index contributed by atoms with van der Waals surface area (Å²) in [5, 5.41) is 2.83. The third-order valence-electron chi connectivity index (χ3n) is 3.78. The van der Waals surface area contributed by atoms with Gasteiger partial charge in [0, 0.05) is 39.1 Å². The molecule has 0 fully saturated rings. The zero-order valence-electron chi connectivity index (χ0n) is 14.8. The van der Waals surface area contributed by atoms with Crippen LogP contribution in [0.3, 0.4) is 0 Å². The summed E-state index contributed by atoms with van der Waals surface area (Å²) in [7, 11) is 5.61. The first-order chi connectivity index (χ1) is 10.7. The van der Waals surface area contributed by atoms with Gasteiger partial charge in [-0.15, -0.1) is 0 Å². The number of likely N-dealkylation sites (N-methyl/N-ethyl adjacent to an activating group) is 2. The largest absolute Gasteiger partial charge is 0.354 e. The molecule has 128 valence electrons. The van der Waals surface area contributed by atoms with Crippen molar-refractivity contribution in [3.05, 3.63) is 30.1 Å². The van der Waals surface area contributed by atoms with E-state index in [1.165, 1.54) is 0 Å². The normalized spacial score (nSPS) is 11.4. The highest BCUT2D eigenvalue weighted by Crippen LogP contribution is 2.18. The third-order valence-corrected chi connectivity index (χ3v) is 3.78. The minimum absolute atomic E-state index is 0.172. The number of pyridine rings is 1. The summed E-state index contributed by atoms with van der Waals surface area (Å²) in [6.45, 7) is 5.18. The second kappa shape index (κ2) is 8.62. The molecule has 1 aromatic heterocycles. The molecule has 1 aromatic rings. The standard InChI is InChI=1S/C17H28N4O2/c1-17(2,15(22)19-11-13-20(3)4)16(23)21(5)12-8-14-6-9-18-10-7-14/h6-7,9-10H,8,11-13H2,1-5H3,(H,19,22). The molecule has 0 bridgehead atoms. The van der Waals surface area contributed by atoms with Crippen LogP contribution in [-0.2, 0) is 16.0 Å². The molecule has 0 unspecified atom stereocenters. The van der Waals surface area contributed by atoms with Crippen molar-refractivity contribution in [2.24, 2.45) is 5.41 Å². The van der Waals surface area contributed by atoms with Gasteiger partial charge in [-0.2, -0.15) is 0 Å². The van der Waals surface area contributed by atoms with Crippen LogP contribution in [0.4, 0.5) is 0 Å². The number of hydrogen-bond donors (Lipinski definition) is 1. The van der Waals surface area contributed by atoms with Crippen LogP contribution < -0.4 is 5.32 Å². The highest BCUT2D eigenvalue weighted by Gasteiger charge is 2.37. The van der Waals surface area contributed by atoms with Gasteiger partial charge in [-0.3, -0.25) is 14.6 Å². The summed E-state index contributed by atoms with van der Waals surface area (Å²) in [5.74, 6) is -0.408. The number of carbonyl (C=O) groups is 2. The van der Waals surface area contributed by atoms with Crippen molar-refractivity contribution in [2.75, 3.05) is 40.8 Å². The number of hydrogen-bond acceptors (Lipinski definition) is 4.